The lowest BCUT2D eigenvalue weighted by Gasteiger charge is -2.30. The van der Waals surface area contributed by atoms with E-state index in [1.165, 1.54) is 30.6 Å². The third-order valence-corrected chi connectivity index (χ3v) is 5.47. The van der Waals surface area contributed by atoms with Crippen LogP contribution in [0.4, 0.5) is 0 Å². The molecule has 0 aromatic heterocycles. The topological polar surface area (TPSA) is 30.5 Å². The molecular weight excluding hydrogens is 270 g/mol. The predicted octanol–water partition coefficient (Wildman–Crippen LogP) is 3.47. The zero-order chi connectivity index (χ0) is 13.8. The molecule has 0 radical (unpaired) electrons. The molecule has 1 aliphatic carbocycles. The molecule has 3 nitrogen and oxygen atoms in total. The van der Waals surface area contributed by atoms with Crippen molar-refractivity contribution in [2.45, 2.75) is 48.3 Å². The van der Waals surface area contributed by atoms with Crippen LogP contribution in [0.3, 0.4) is 0 Å². The van der Waals surface area contributed by atoms with E-state index in [0.29, 0.717) is 11.3 Å². The maximum absolute atomic E-state index is 5.78. The summed E-state index contributed by atoms with van der Waals surface area (Å²) in [6.07, 6.45) is 6.25. The lowest BCUT2D eigenvalue weighted by molar-refractivity contribution is 0.297. The van der Waals surface area contributed by atoms with E-state index in [1.54, 1.807) is 0 Å². The van der Waals surface area contributed by atoms with E-state index in [-0.39, 0.29) is 0 Å². The van der Waals surface area contributed by atoms with Gasteiger partial charge in [-0.1, -0.05) is 12.8 Å². The number of rotatable bonds is 3. The Kier molecular flexibility index (Phi) is 4.73. The van der Waals surface area contributed by atoms with Crippen LogP contribution in [0.5, 0.6) is 11.5 Å². The highest BCUT2D eigenvalue weighted by Gasteiger charge is 2.25. The molecule has 1 aromatic carbocycles. The average molecular weight is 293 g/mol. The van der Waals surface area contributed by atoms with E-state index in [1.807, 2.05) is 11.8 Å². The van der Waals surface area contributed by atoms with E-state index in [4.69, 9.17) is 9.47 Å². The minimum absolute atomic E-state index is 0.629. The molecule has 1 N–H and O–H groups in total. The molecule has 2 unspecified atom stereocenters. The lowest BCUT2D eigenvalue weighted by Crippen LogP contribution is -2.38. The van der Waals surface area contributed by atoms with Gasteiger partial charge in [-0.25, -0.2) is 0 Å². The number of hydrogen-bond donors (Lipinski definition) is 1. The Morgan fingerprint density at radius 1 is 1.05 bits per heavy atom. The first-order chi connectivity index (χ1) is 9.86. The summed E-state index contributed by atoms with van der Waals surface area (Å²) in [5.74, 6) is 1.80. The number of ether oxygens (including phenoxy) is 2. The Hall–Kier alpha value is -0.870. The molecule has 20 heavy (non-hydrogen) atoms. The van der Waals surface area contributed by atoms with Crippen LogP contribution in [0, 0.1) is 0 Å². The monoisotopic (exact) mass is 293 g/mol. The Labute approximate surface area is 125 Å². The Morgan fingerprint density at radius 3 is 2.70 bits per heavy atom. The zero-order valence-corrected chi connectivity index (χ0v) is 12.9. The van der Waals surface area contributed by atoms with Crippen LogP contribution in [0.25, 0.3) is 0 Å². The van der Waals surface area contributed by atoms with Crippen molar-refractivity contribution in [2.75, 3.05) is 20.3 Å². The first-order valence-corrected chi connectivity index (χ1v) is 8.48. The normalized spacial score (nSPS) is 26.1. The summed E-state index contributed by atoms with van der Waals surface area (Å²) < 4.78 is 11.5. The second kappa shape index (κ2) is 6.72. The van der Waals surface area contributed by atoms with E-state index in [9.17, 15) is 0 Å². The molecule has 1 fully saturated rings. The van der Waals surface area contributed by atoms with Crippen molar-refractivity contribution in [3.63, 3.8) is 0 Å². The second-order valence-corrected chi connectivity index (χ2v) is 6.81. The van der Waals surface area contributed by atoms with Crippen molar-refractivity contribution < 1.29 is 9.47 Å². The molecule has 1 aliphatic heterocycles. The summed E-state index contributed by atoms with van der Waals surface area (Å²) in [4.78, 5) is 1.29. The average Bonchev–Trinajstić information content (AvgIpc) is 2.72. The summed E-state index contributed by atoms with van der Waals surface area (Å²) in [5, 5.41) is 4.14. The van der Waals surface area contributed by atoms with Crippen LogP contribution in [0.15, 0.2) is 23.1 Å². The molecule has 3 rings (SSSR count). The third-order valence-electron chi connectivity index (χ3n) is 4.08. The summed E-state index contributed by atoms with van der Waals surface area (Å²) in [6.45, 7) is 1.51. The van der Waals surface area contributed by atoms with E-state index < -0.39 is 0 Å². The fraction of sp³-hybridized carbons (Fsp3) is 0.625. The molecule has 110 valence electrons. The minimum Gasteiger partial charge on any atom is -0.490 e. The van der Waals surface area contributed by atoms with Gasteiger partial charge in [-0.15, -0.1) is 11.8 Å². The highest BCUT2D eigenvalue weighted by Crippen LogP contribution is 2.38. The molecule has 0 saturated heterocycles. The van der Waals surface area contributed by atoms with Gasteiger partial charge in [0, 0.05) is 22.6 Å². The van der Waals surface area contributed by atoms with E-state index >= 15 is 0 Å². The number of hydrogen-bond acceptors (Lipinski definition) is 4. The van der Waals surface area contributed by atoms with Crippen LogP contribution in [0.2, 0.25) is 0 Å². The van der Waals surface area contributed by atoms with Crippen LogP contribution < -0.4 is 14.8 Å². The van der Waals surface area contributed by atoms with Crippen molar-refractivity contribution in [3.8, 4) is 11.5 Å². The summed E-state index contributed by atoms with van der Waals surface area (Å²) in [5.41, 5.74) is 0. The Balaban J connectivity index is 1.72. The third kappa shape index (κ3) is 3.23. The molecule has 1 heterocycles. The maximum atomic E-state index is 5.78. The molecule has 2 aliphatic rings. The van der Waals surface area contributed by atoms with Gasteiger partial charge in [-0.2, -0.15) is 0 Å². The van der Waals surface area contributed by atoms with Crippen molar-refractivity contribution in [1.82, 2.24) is 5.32 Å². The van der Waals surface area contributed by atoms with Crippen LogP contribution >= 0.6 is 11.8 Å². The largest absolute Gasteiger partial charge is 0.490 e. The molecule has 2 atom stereocenters. The van der Waals surface area contributed by atoms with Crippen LogP contribution in [-0.2, 0) is 0 Å². The van der Waals surface area contributed by atoms with Gasteiger partial charge in [0.05, 0.1) is 13.2 Å². The fourth-order valence-electron chi connectivity index (χ4n) is 2.96. The van der Waals surface area contributed by atoms with Gasteiger partial charge in [0.1, 0.15) is 0 Å². The highest BCUT2D eigenvalue weighted by molar-refractivity contribution is 8.00. The predicted molar refractivity (Wildman–Crippen MR) is 83.0 cm³/mol. The maximum Gasteiger partial charge on any atom is 0.162 e. The first kappa shape index (κ1) is 14.1. The minimum atomic E-state index is 0.629. The summed E-state index contributed by atoms with van der Waals surface area (Å²) in [7, 11) is 2.08. The summed E-state index contributed by atoms with van der Waals surface area (Å²) >= 11 is 1.98. The Morgan fingerprint density at radius 2 is 1.85 bits per heavy atom. The molecule has 0 bridgehead atoms. The van der Waals surface area contributed by atoms with Gasteiger partial charge in [0.25, 0.3) is 0 Å². The van der Waals surface area contributed by atoms with Crippen molar-refractivity contribution in [1.29, 1.82) is 0 Å². The Bertz CT molecular complexity index is 452. The standard InChI is InChI=1S/C16H23NO2S/c1-17-13-5-2-3-6-16(13)20-12-7-8-14-15(11-12)19-10-4-9-18-14/h7-8,11,13,16-17H,2-6,9-10H2,1H3. The molecule has 0 amide bonds. The van der Waals surface area contributed by atoms with E-state index in [2.05, 4.69) is 30.6 Å². The summed E-state index contributed by atoms with van der Waals surface area (Å²) in [6, 6.07) is 7.00. The smallest absolute Gasteiger partial charge is 0.162 e. The van der Waals surface area contributed by atoms with Crippen molar-refractivity contribution in [2.24, 2.45) is 0 Å². The molecular formula is C16H23NO2S. The number of benzene rings is 1. The van der Waals surface area contributed by atoms with Gasteiger partial charge < -0.3 is 14.8 Å². The first-order valence-electron chi connectivity index (χ1n) is 7.60. The van der Waals surface area contributed by atoms with Crippen molar-refractivity contribution >= 4 is 11.8 Å². The van der Waals surface area contributed by atoms with E-state index in [0.717, 1.165) is 31.1 Å². The molecule has 1 aromatic rings. The van der Waals surface area contributed by atoms with Crippen molar-refractivity contribution in [3.05, 3.63) is 18.2 Å². The van der Waals surface area contributed by atoms with Gasteiger partial charge in [-0.05, 0) is 38.1 Å². The van der Waals surface area contributed by atoms with Gasteiger partial charge in [0.15, 0.2) is 11.5 Å². The van der Waals surface area contributed by atoms with Crippen LogP contribution in [0.1, 0.15) is 32.1 Å². The molecule has 0 spiro atoms. The molecule has 4 heteroatoms. The number of nitrogens with one attached hydrogen (secondary N) is 1. The van der Waals surface area contributed by atoms with Gasteiger partial charge in [-0.3, -0.25) is 0 Å². The lowest BCUT2D eigenvalue weighted by atomic mass is 9.95. The number of fused-ring (bicyclic) bond motifs is 1. The quantitative estimate of drug-likeness (QED) is 0.924. The zero-order valence-electron chi connectivity index (χ0n) is 12.1. The second-order valence-electron chi connectivity index (χ2n) is 5.49. The molecule has 1 saturated carbocycles. The highest BCUT2D eigenvalue weighted by atomic mass is 32.2. The van der Waals surface area contributed by atoms with Gasteiger partial charge >= 0.3 is 0 Å². The number of thioether (sulfide) groups is 1. The fourth-order valence-corrected chi connectivity index (χ4v) is 4.35. The van der Waals surface area contributed by atoms with Crippen LogP contribution in [-0.4, -0.2) is 31.6 Å². The van der Waals surface area contributed by atoms with Gasteiger partial charge in [0.2, 0.25) is 0 Å². The SMILES string of the molecule is CNC1CCCCC1Sc1ccc2c(c1)OCCCO2.